The van der Waals surface area contributed by atoms with Crippen LogP contribution in [0, 0.1) is 0 Å². The molecule has 0 radical (unpaired) electrons. The molecule has 0 spiro atoms. The van der Waals surface area contributed by atoms with Crippen LogP contribution in [-0.2, 0) is 4.79 Å². The van der Waals surface area contributed by atoms with Gasteiger partial charge in [-0.25, -0.2) is 0 Å². The van der Waals surface area contributed by atoms with Gasteiger partial charge in [0.15, 0.2) is 0 Å². The summed E-state index contributed by atoms with van der Waals surface area (Å²) in [6, 6.07) is 6.30. The second-order valence-electron chi connectivity index (χ2n) is 5.96. The number of amides is 1. The van der Waals surface area contributed by atoms with Crippen molar-refractivity contribution in [2.75, 3.05) is 23.8 Å². The van der Waals surface area contributed by atoms with Crippen LogP contribution in [0.25, 0.3) is 0 Å². The molecule has 20 heavy (non-hydrogen) atoms. The Kier molecular flexibility index (Phi) is 4.33. The van der Waals surface area contributed by atoms with Gasteiger partial charge in [0.25, 0.3) is 0 Å². The largest absolute Gasteiger partial charge is 0.381 e. The quantitative estimate of drug-likeness (QED) is 0.891. The zero-order chi connectivity index (χ0) is 14.9. The molecule has 0 aliphatic carbocycles. The Bertz CT molecular complexity index is 496. The van der Waals surface area contributed by atoms with E-state index in [0.717, 1.165) is 11.4 Å². The van der Waals surface area contributed by atoms with Gasteiger partial charge in [0.05, 0.1) is 11.4 Å². The first-order valence-electron chi connectivity index (χ1n) is 7.33. The number of anilines is 2. The van der Waals surface area contributed by atoms with E-state index in [0.29, 0.717) is 12.5 Å². The van der Waals surface area contributed by atoms with E-state index < -0.39 is 0 Å². The second-order valence-corrected chi connectivity index (χ2v) is 5.96. The fourth-order valence-corrected chi connectivity index (χ4v) is 2.61. The molecule has 110 valence electrons. The summed E-state index contributed by atoms with van der Waals surface area (Å²) in [4.78, 5) is 14.5. The number of benzene rings is 1. The summed E-state index contributed by atoms with van der Waals surface area (Å²) in [6.07, 6.45) is 0. The summed E-state index contributed by atoms with van der Waals surface area (Å²) in [5.41, 5.74) is 3.32. The summed E-state index contributed by atoms with van der Waals surface area (Å²) >= 11 is 0. The van der Waals surface area contributed by atoms with Crippen LogP contribution < -0.4 is 15.5 Å². The highest BCUT2D eigenvalue weighted by Crippen LogP contribution is 2.33. The van der Waals surface area contributed by atoms with Crippen molar-refractivity contribution in [1.82, 2.24) is 5.32 Å². The average Bonchev–Trinajstić information content (AvgIpc) is 2.53. The molecule has 0 saturated carbocycles. The van der Waals surface area contributed by atoms with E-state index in [2.05, 4.69) is 56.5 Å². The van der Waals surface area contributed by atoms with E-state index in [1.807, 2.05) is 11.9 Å². The highest BCUT2D eigenvalue weighted by atomic mass is 16.2. The van der Waals surface area contributed by atoms with Crippen molar-refractivity contribution >= 4 is 17.3 Å². The highest BCUT2D eigenvalue weighted by Gasteiger charge is 2.31. The van der Waals surface area contributed by atoms with Crippen LogP contribution in [0.3, 0.4) is 0 Å². The van der Waals surface area contributed by atoms with Crippen LogP contribution in [0.2, 0.25) is 0 Å². The summed E-state index contributed by atoms with van der Waals surface area (Å²) < 4.78 is 0. The number of nitrogens with one attached hydrogen (secondary N) is 2. The molecule has 2 rings (SSSR count). The van der Waals surface area contributed by atoms with E-state index >= 15 is 0 Å². The van der Waals surface area contributed by atoms with E-state index in [1.165, 1.54) is 5.56 Å². The van der Waals surface area contributed by atoms with Crippen molar-refractivity contribution in [2.45, 2.75) is 45.7 Å². The molecule has 1 aromatic rings. The third-order valence-corrected chi connectivity index (χ3v) is 3.84. The van der Waals surface area contributed by atoms with Crippen LogP contribution in [0.1, 0.15) is 39.2 Å². The zero-order valence-electron chi connectivity index (χ0n) is 13.0. The van der Waals surface area contributed by atoms with Crippen molar-refractivity contribution in [3.05, 3.63) is 23.8 Å². The molecule has 0 saturated heterocycles. The summed E-state index contributed by atoms with van der Waals surface area (Å²) in [5.74, 6) is 0.611. The molecule has 0 aromatic heterocycles. The lowest BCUT2D eigenvalue weighted by molar-refractivity contribution is -0.120. The molecule has 1 aliphatic heterocycles. The van der Waals surface area contributed by atoms with Gasteiger partial charge in [-0.15, -0.1) is 0 Å². The molecular formula is C16H25N3O. The fraction of sp³-hybridized carbons (Fsp3) is 0.562. The first kappa shape index (κ1) is 14.9. The van der Waals surface area contributed by atoms with Gasteiger partial charge in [-0.1, -0.05) is 19.9 Å². The van der Waals surface area contributed by atoms with Crippen molar-refractivity contribution in [1.29, 1.82) is 0 Å². The van der Waals surface area contributed by atoms with Gasteiger partial charge in [0.1, 0.15) is 6.04 Å². The molecule has 1 heterocycles. The van der Waals surface area contributed by atoms with Crippen molar-refractivity contribution in [3.63, 3.8) is 0 Å². The Balaban J connectivity index is 2.48. The number of hydrogen-bond acceptors (Lipinski definition) is 3. The van der Waals surface area contributed by atoms with E-state index in [4.69, 9.17) is 0 Å². The van der Waals surface area contributed by atoms with Gasteiger partial charge in [-0.05, 0) is 44.5 Å². The third kappa shape index (κ3) is 2.66. The highest BCUT2D eigenvalue weighted by molar-refractivity contribution is 6.02. The normalized spacial score (nSPS) is 19.1. The van der Waals surface area contributed by atoms with Gasteiger partial charge in [0, 0.05) is 12.6 Å². The fourth-order valence-electron chi connectivity index (χ4n) is 2.61. The van der Waals surface area contributed by atoms with Crippen LogP contribution in [-0.4, -0.2) is 31.6 Å². The third-order valence-electron chi connectivity index (χ3n) is 3.84. The monoisotopic (exact) mass is 275 g/mol. The Hall–Kier alpha value is -1.55. The number of fused-ring (bicyclic) bond motifs is 1. The first-order valence-corrected chi connectivity index (χ1v) is 7.33. The van der Waals surface area contributed by atoms with Crippen molar-refractivity contribution in [3.8, 4) is 0 Å². The first-order chi connectivity index (χ1) is 9.45. The summed E-state index contributed by atoms with van der Waals surface area (Å²) in [5, 5.41) is 6.51. The van der Waals surface area contributed by atoms with Crippen LogP contribution in [0.5, 0.6) is 0 Å². The number of hydrogen-bond donors (Lipinski definition) is 2. The lowest BCUT2D eigenvalue weighted by Crippen LogP contribution is -2.49. The minimum absolute atomic E-state index is 0.131. The van der Waals surface area contributed by atoms with Gasteiger partial charge in [-0.3, -0.25) is 4.79 Å². The molecule has 0 fully saturated rings. The lowest BCUT2D eigenvalue weighted by Gasteiger charge is -2.29. The maximum Gasteiger partial charge on any atom is 0.246 e. The van der Waals surface area contributed by atoms with E-state index in [1.54, 1.807) is 0 Å². The van der Waals surface area contributed by atoms with Crippen molar-refractivity contribution < 1.29 is 4.79 Å². The molecular weight excluding hydrogens is 250 g/mol. The Morgan fingerprint density at radius 3 is 2.55 bits per heavy atom. The summed E-state index contributed by atoms with van der Waals surface area (Å²) in [6.45, 7) is 9.08. The SMILES string of the molecule is CNC1CNc2cc(C(C)C)ccc2N(C(C)C)C1=O. The Labute approximate surface area is 121 Å². The van der Waals surface area contributed by atoms with Gasteiger partial charge in [0.2, 0.25) is 5.91 Å². The number of carbonyl (C=O) groups excluding carboxylic acids is 1. The number of likely N-dealkylation sites (N-methyl/N-ethyl adjacent to an activating group) is 1. The van der Waals surface area contributed by atoms with Crippen LogP contribution in [0.4, 0.5) is 11.4 Å². The zero-order valence-corrected chi connectivity index (χ0v) is 13.0. The Morgan fingerprint density at radius 2 is 2.00 bits per heavy atom. The van der Waals surface area contributed by atoms with Gasteiger partial charge >= 0.3 is 0 Å². The van der Waals surface area contributed by atoms with E-state index in [-0.39, 0.29) is 18.0 Å². The number of carbonyl (C=O) groups is 1. The molecule has 0 bridgehead atoms. The maximum atomic E-state index is 12.6. The molecule has 1 unspecified atom stereocenters. The topological polar surface area (TPSA) is 44.4 Å². The predicted molar refractivity (Wildman–Crippen MR) is 84.5 cm³/mol. The van der Waals surface area contributed by atoms with Gasteiger partial charge in [-0.2, -0.15) is 0 Å². The van der Waals surface area contributed by atoms with Gasteiger partial charge < -0.3 is 15.5 Å². The second kappa shape index (κ2) is 5.83. The standard InChI is InChI=1S/C16H25N3O/c1-10(2)12-6-7-15-13(8-12)18-9-14(17-5)16(20)19(15)11(3)4/h6-8,10-11,14,17-18H,9H2,1-5H3. The average molecular weight is 275 g/mol. The molecule has 1 aromatic carbocycles. The van der Waals surface area contributed by atoms with E-state index in [9.17, 15) is 4.79 Å². The molecule has 2 N–H and O–H groups in total. The lowest BCUT2D eigenvalue weighted by atomic mass is 10.0. The minimum atomic E-state index is -0.188. The van der Waals surface area contributed by atoms with Crippen LogP contribution in [0.15, 0.2) is 18.2 Å². The maximum absolute atomic E-state index is 12.6. The van der Waals surface area contributed by atoms with Crippen molar-refractivity contribution in [2.24, 2.45) is 0 Å². The van der Waals surface area contributed by atoms with Crippen LogP contribution >= 0.6 is 0 Å². The molecule has 1 amide bonds. The number of nitrogens with zero attached hydrogens (tertiary/aromatic N) is 1. The summed E-state index contributed by atoms with van der Waals surface area (Å²) in [7, 11) is 1.83. The molecule has 1 aliphatic rings. The predicted octanol–water partition coefficient (Wildman–Crippen LogP) is 2.56. The molecule has 4 heteroatoms. The number of rotatable bonds is 3. The molecule has 4 nitrogen and oxygen atoms in total. The minimum Gasteiger partial charge on any atom is -0.381 e. The Morgan fingerprint density at radius 1 is 1.30 bits per heavy atom. The smallest absolute Gasteiger partial charge is 0.246 e. The molecule has 1 atom stereocenters.